The van der Waals surface area contributed by atoms with E-state index in [0.29, 0.717) is 11.6 Å². The van der Waals surface area contributed by atoms with Gasteiger partial charge >= 0.3 is 0 Å². The molecule has 0 radical (unpaired) electrons. The first-order valence-electron chi connectivity index (χ1n) is 6.88. The largest absolute Gasteiger partial charge is 0.634 e. The van der Waals surface area contributed by atoms with Gasteiger partial charge in [0, 0.05) is 6.42 Å². The van der Waals surface area contributed by atoms with Gasteiger partial charge in [0.1, 0.15) is 0 Å². The molecule has 0 aromatic heterocycles. The van der Waals surface area contributed by atoms with Crippen molar-refractivity contribution >= 4 is 0 Å². The first kappa shape index (κ1) is 14.2. The Bertz CT molecular complexity index is 274. The molecule has 96 valence electrons. The Morgan fingerprint density at radius 2 is 1.65 bits per heavy atom. The summed E-state index contributed by atoms with van der Waals surface area (Å²) >= 11 is 0. The molecule has 1 unspecified atom stereocenters. The minimum atomic E-state index is 0.422. The lowest BCUT2D eigenvalue weighted by Crippen LogP contribution is -3.07. The van der Waals surface area contributed by atoms with Gasteiger partial charge in [-0.2, -0.15) is 0 Å². The van der Waals surface area contributed by atoms with Gasteiger partial charge in [0.2, 0.25) is 0 Å². The summed E-state index contributed by atoms with van der Waals surface area (Å²) in [7, 11) is 0. The van der Waals surface area contributed by atoms with Crippen molar-refractivity contribution in [2.75, 3.05) is 13.1 Å². The third-order valence-corrected chi connectivity index (χ3v) is 3.09. The Morgan fingerprint density at radius 1 is 0.941 bits per heavy atom. The maximum atomic E-state index is 11.6. The molecule has 0 aliphatic rings. The van der Waals surface area contributed by atoms with Crippen LogP contribution < -0.4 is 5.06 Å². The van der Waals surface area contributed by atoms with Crippen molar-refractivity contribution in [3.05, 3.63) is 41.1 Å². The molecule has 1 N–H and O–H groups in total. The minimum absolute atomic E-state index is 0.422. The third kappa shape index (κ3) is 7.14. The predicted molar refractivity (Wildman–Crippen MR) is 73.0 cm³/mol. The van der Waals surface area contributed by atoms with Crippen molar-refractivity contribution in [2.24, 2.45) is 0 Å². The topological polar surface area (TPSA) is 27.5 Å². The fourth-order valence-corrected chi connectivity index (χ4v) is 1.98. The number of quaternary nitrogens is 1. The van der Waals surface area contributed by atoms with E-state index in [-0.39, 0.29) is 0 Å². The molecular formula is C15H25NO. The Hall–Kier alpha value is -0.860. The summed E-state index contributed by atoms with van der Waals surface area (Å²) in [5.74, 6) is 0. The van der Waals surface area contributed by atoms with Crippen LogP contribution in [0.4, 0.5) is 0 Å². The molecule has 1 aromatic carbocycles. The van der Waals surface area contributed by atoms with E-state index in [1.54, 1.807) is 0 Å². The molecule has 0 saturated carbocycles. The smallest absolute Gasteiger partial charge is 0.0809 e. The fourth-order valence-electron chi connectivity index (χ4n) is 1.98. The van der Waals surface area contributed by atoms with Crippen LogP contribution in [0.5, 0.6) is 0 Å². The lowest BCUT2D eigenvalue weighted by molar-refractivity contribution is -0.848. The van der Waals surface area contributed by atoms with Crippen LogP contribution in [0.2, 0.25) is 0 Å². The molecule has 0 fully saturated rings. The van der Waals surface area contributed by atoms with Gasteiger partial charge in [-0.05, 0) is 18.4 Å². The van der Waals surface area contributed by atoms with Crippen LogP contribution in [0, 0.1) is 5.21 Å². The summed E-state index contributed by atoms with van der Waals surface area (Å²) < 4.78 is 0. The van der Waals surface area contributed by atoms with E-state index in [9.17, 15) is 5.21 Å². The number of benzene rings is 1. The summed E-state index contributed by atoms with van der Waals surface area (Å²) in [4.78, 5) is 0. The highest BCUT2D eigenvalue weighted by Crippen LogP contribution is 2.00. The molecular weight excluding hydrogens is 210 g/mol. The lowest BCUT2D eigenvalue weighted by atomic mass is 10.1. The van der Waals surface area contributed by atoms with Gasteiger partial charge in [-0.15, -0.1) is 0 Å². The maximum absolute atomic E-state index is 11.6. The van der Waals surface area contributed by atoms with E-state index in [0.717, 1.165) is 19.4 Å². The minimum Gasteiger partial charge on any atom is -0.634 e. The third-order valence-electron chi connectivity index (χ3n) is 3.09. The molecule has 0 spiro atoms. The summed E-state index contributed by atoms with van der Waals surface area (Å²) in [5.41, 5.74) is 1.27. The molecule has 1 rings (SSSR count). The van der Waals surface area contributed by atoms with Crippen LogP contribution in [0.15, 0.2) is 30.3 Å². The zero-order valence-corrected chi connectivity index (χ0v) is 11.0. The number of hydrogen-bond acceptors (Lipinski definition) is 1. The van der Waals surface area contributed by atoms with Gasteiger partial charge in [-0.25, -0.2) is 0 Å². The second-order valence-corrected chi connectivity index (χ2v) is 4.69. The number of rotatable bonds is 9. The maximum Gasteiger partial charge on any atom is 0.0809 e. The highest BCUT2D eigenvalue weighted by Gasteiger charge is 1.99. The molecule has 1 aromatic rings. The molecule has 0 aliphatic carbocycles. The summed E-state index contributed by atoms with van der Waals surface area (Å²) in [6.07, 6.45) is 7.04. The molecule has 0 aliphatic heterocycles. The standard InChI is InChI=1S/C15H25NO/c1-2-3-4-5-9-13-16(17)14-12-15-10-7-6-8-11-15/h6-8,10-11,16H,2-5,9,12-14H2,1H3. The molecule has 0 heterocycles. The summed E-state index contributed by atoms with van der Waals surface area (Å²) in [5, 5.41) is 12.1. The van der Waals surface area contributed by atoms with E-state index in [4.69, 9.17) is 0 Å². The van der Waals surface area contributed by atoms with E-state index in [1.165, 1.54) is 31.2 Å². The van der Waals surface area contributed by atoms with Gasteiger partial charge in [0.25, 0.3) is 0 Å². The van der Waals surface area contributed by atoms with Gasteiger partial charge in [-0.1, -0.05) is 56.5 Å². The Morgan fingerprint density at radius 3 is 2.35 bits per heavy atom. The average molecular weight is 235 g/mol. The average Bonchev–Trinajstić information content (AvgIpc) is 2.37. The normalized spacial score (nSPS) is 12.6. The highest BCUT2D eigenvalue weighted by atomic mass is 16.5. The van der Waals surface area contributed by atoms with Crippen molar-refractivity contribution in [1.29, 1.82) is 0 Å². The molecule has 0 bridgehead atoms. The van der Waals surface area contributed by atoms with Crippen LogP contribution >= 0.6 is 0 Å². The first-order valence-corrected chi connectivity index (χ1v) is 6.88. The zero-order valence-electron chi connectivity index (χ0n) is 11.0. The molecule has 2 heteroatoms. The zero-order chi connectivity index (χ0) is 12.3. The SMILES string of the molecule is CCCCCCC[NH+]([O-])CCc1ccccc1. The van der Waals surface area contributed by atoms with Crippen LogP contribution in [-0.4, -0.2) is 13.1 Å². The van der Waals surface area contributed by atoms with Crippen LogP contribution in [0.25, 0.3) is 0 Å². The highest BCUT2D eigenvalue weighted by molar-refractivity contribution is 5.14. The van der Waals surface area contributed by atoms with Crippen LogP contribution in [-0.2, 0) is 6.42 Å². The predicted octanol–water partition coefficient (Wildman–Crippen LogP) is 2.58. The molecule has 1 atom stereocenters. The second kappa shape index (κ2) is 9.20. The van der Waals surface area contributed by atoms with Gasteiger partial charge < -0.3 is 10.3 Å². The van der Waals surface area contributed by atoms with Crippen molar-refractivity contribution in [1.82, 2.24) is 0 Å². The van der Waals surface area contributed by atoms with Gasteiger partial charge in [0.15, 0.2) is 0 Å². The van der Waals surface area contributed by atoms with Gasteiger partial charge in [-0.3, -0.25) is 0 Å². The molecule has 0 amide bonds. The number of nitrogens with one attached hydrogen (secondary N) is 1. The Labute approximate surface area is 105 Å². The number of hydroxylamine groups is 2. The van der Waals surface area contributed by atoms with Crippen LogP contribution in [0.1, 0.15) is 44.6 Å². The number of hydrogen-bond donors (Lipinski definition) is 1. The van der Waals surface area contributed by atoms with Crippen molar-refractivity contribution in [3.8, 4) is 0 Å². The summed E-state index contributed by atoms with van der Waals surface area (Å²) in [6, 6.07) is 10.3. The Kier molecular flexibility index (Phi) is 7.69. The van der Waals surface area contributed by atoms with E-state index in [1.807, 2.05) is 18.2 Å². The van der Waals surface area contributed by atoms with E-state index >= 15 is 0 Å². The molecule has 2 nitrogen and oxygen atoms in total. The van der Waals surface area contributed by atoms with Gasteiger partial charge in [0.05, 0.1) is 13.1 Å². The molecule has 0 saturated heterocycles. The fraction of sp³-hybridized carbons (Fsp3) is 0.600. The first-order chi connectivity index (χ1) is 8.33. The quantitative estimate of drug-likeness (QED) is 0.517. The van der Waals surface area contributed by atoms with E-state index < -0.39 is 0 Å². The lowest BCUT2D eigenvalue weighted by Gasteiger charge is -2.22. The Balaban J connectivity index is 2.03. The van der Waals surface area contributed by atoms with Crippen LogP contribution in [0.3, 0.4) is 0 Å². The van der Waals surface area contributed by atoms with Crippen molar-refractivity contribution < 1.29 is 5.06 Å². The van der Waals surface area contributed by atoms with Crippen molar-refractivity contribution in [3.63, 3.8) is 0 Å². The van der Waals surface area contributed by atoms with Crippen molar-refractivity contribution in [2.45, 2.75) is 45.4 Å². The van der Waals surface area contributed by atoms with E-state index in [2.05, 4.69) is 19.1 Å². The second-order valence-electron chi connectivity index (χ2n) is 4.69. The number of unbranched alkanes of at least 4 members (excludes halogenated alkanes) is 4. The monoisotopic (exact) mass is 235 g/mol. The summed E-state index contributed by atoms with van der Waals surface area (Å²) in [6.45, 7) is 3.69. The molecule has 17 heavy (non-hydrogen) atoms.